The molecule has 3 aliphatic rings. The number of carbonyl (C=O) groups is 1. The van der Waals surface area contributed by atoms with E-state index < -0.39 is 0 Å². The summed E-state index contributed by atoms with van der Waals surface area (Å²) < 4.78 is 0. The molecule has 5 nitrogen and oxygen atoms in total. The molecule has 2 bridgehead atoms. The first kappa shape index (κ1) is 14.6. The average molecular weight is 342 g/mol. The van der Waals surface area contributed by atoms with Gasteiger partial charge >= 0.3 is 0 Å². The third-order valence-corrected chi connectivity index (χ3v) is 7.01. The summed E-state index contributed by atoms with van der Waals surface area (Å²) in [5, 5.41) is 3.20. The highest BCUT2D eigenvalue weighted by Crippen LogP contribution is 2.49. The maximum absolute atomic E-state index is 12.9. The average Bonchev–Trinajstić information content (AvgIpc) is 3.36. The molecule has 3 unspecified atom stereocenters. The van der Waals surface area contributed by atoms with E-state index in [0.29, 0.717) is 17.7 Å². The molecule has 24 heavy (non-hydrogen) atoms. The Hall–Kier alpha value is -1.69. The Balaban J connectivity index is 1.27. The summed E-state index contributed by atoms with van der Waals surface area (Å²) >= 11 is 1.65. The van der Waals surface area contributed by atoms with Crippen LogP contribution in [0.4, 0.5) is 5.82 Å². The van der Waals surface area contributed by atoms with Crippen molar-refractivity contribution >= 4 is 33.3 Å². The normalized spacial score (nSPS) is 29.6. The van der Waals surface area contributed by atoms with E-state index in [1.165, 1.54) is 19.3 Å². The molecule has 3 atom stereocenters. The first-order chi connectivity index (χ1) is 11.8. The van der Waals surface area contributed by atoms with Gasteiger partial charge in [-0.25, -0.2) is 9.97 Å². The zero-order valence-corrected chi connectivity index (χ0v) is 14.5. The highest BCUT2D eigenvalue weighted by atomic mass is 32.1. The standard InChI is InChI=1S/C18H22N4OS/c23-18(15-10-12-1-2-13(15)9-12)22-6-4-21(5-7-22)16-14-3-8-24-17(14)20-11-19-16/h3,8,11-13,15H,1-2,4-7,9-10H2. The summed E-state index contributed by atoms with van der Waals surface area (Å²) in [6.07, 6.45) is 6.73. The lowest BCUT2D eigenvalue weighted by atomic mass is 9.87. The number of anilines is 1. The molecule has 2 saturated carbocycles. The lowest BCUT2D eigenvalue weighted by molar-refractivity contribution is -0.137. The van der Waals surface area contributed by atoms with Crippen molar-refractivity contribution in [3.05, 3.63) is 17.8 Å². The number of amides is 1. The number of hydrogen-bond donors (Lipinski definition) is 0. The Morgan fingerprint density at radius 1 is 1.12 bits per heavy atom. The van der Waals surface area contributed by atoms with Gasteiger partial charge < -0.3 is 9.80 Å². The van der Waals surface area contributed by atoms with Crippen molar-refractivity contribution in [2.75, 3.05) is 31.1 Å². The Labute approximate surface area is 145 Å². The van der Waals surface area contributed by atoms with Crippen molar-refractivity contribution in [2.45, 2.75) is 25.7 Å². The topological polar surface area (TPSA) is 49.3 Å². The molecule has 2 aromatic rings. The minimum Gasteiger partial charge on any atom is -0.352 e. The van der Waals surface area contributed by atoms with Crippen molar-refractivity contribution in [1.82, 2.24) is 14.9 Å². The van der Waals surface area contributed by atoms with Gasteiger partial charge in [-0.1, -0.05) is 6.42 Å². The molecule has 5 rings (SSSR count). The smallest absolute Gasteiger partial charge is 0.226 e. The molecule has 126 valence electrons. The molecule has 2 aliphatic carbocycles. The Morgan fingerprint density at radius 3 is 2.75 bits per heavy atom. The summed E-state index contributed by atoms with van der Waals surface area (Å²) in [6.45, 7) is 3.38. The van der Waals surface area contributed by atoms with E-state index in [1.807, 2.05) is 0 Å². The van der Waals surface area contributed by atoms with Crippen molar-refractivity contribution in [3.63, 3.8) is 0 Å². The fourth-order valence-electron chi connectivity index (χ4n) is 4.95. The monoisotopic (exact) mass is 342 g/mol. The number of carbonyl (C=O) groups excluding carboxylic acids is 1. The number of nitrogens with zero attached hydrogens (tertiary/aromatic N) is 4. The minimum atomic E-state index is 0.318. The van der Waals surface area contributed by atoms with Gasteiger partial charge in [0.25, 0.3) is 0 Å². The van der Waals surface area contributed by atoms with E-state index in [1.54, 1.807) is 17.7 Å². The van der Waals surface area contributed by atoms with Gasteiger partial charge in [0, 0.05) is 32.1 Å². The van der Waals surface area contributed by atoms with Crippen LogP contribution in [0.1, 0.15) is 25.7 Å². The number of rotatable bonds is 2. The summed E-state index contributed by atoms with van der Waals surface area (Å²) in [4.78, 5) is 27.2. The lowest BCUT2D eigenvalue weighted by Gasteiger charge is -2.37. The van der Waals surface area contributed by atoms with Crippen LogP contribution in [0, 0.1) is 17.8 Å². The third kappa shape index (κ3) is 2.31. The molecule has 0 radical (unpaired) electrons. The zero-order chi connectivity index (χ0) is 16.1. The maximum Gasteiger partial charge on any atom is 0.226 e. The summed E-state index contributed by atoms with van der Waals surface area (Å²) in [5.74, 6) is 3.27. The second-order valence-corrected chi connectivity index (χ2v) is 8.32. The predicted octanol–water partition coefficient (Wildman–Crippen LogP) is 2.78. The van der Waals surface area contributed by atoms with Crippen LogP contribution in [0.25, 0.3) is 10.2 Å². The van der Waals surface area contributed by atoms with E-state index in [2.05, 4.69) is 31.2 Å². The lowest BCUT2D eigenvalue weighted by Crippen LogP contribution is -2.51. The van der Waals surface area contributed by atoms with Gasteiger partial charge in [-0.2, -0.15) is 0 Å². The molecular weight excluding hydrogens is 320 g/mol. The van der Waals surface area contributed by atoms with Gasteiger partial charge in [-0.05, 0) is 42.5 Å². The number of thiophene rings is 1. The van der Waals surface area contributed by atoms with Crippen LogP contribution in [0.15, 0.2) is 17.8 Å². The molecule has 3 fully saturated rings. The van der Waals surface area contributed by atoms with Gasteiger partial charge in [0.15, 0.2) is 0 Å². The van der Waals surface area contributed by atoms with E-state index >= 15 is 0 Å². The number of fused-ring (bicyclic) bond motifs is 3. The highest BCUT2D eigenvalue weighted by molar-refractivity contribution is 7.16. The first-order valence-corrected chi connectivity index (χ1v) is 9.89. The second kappa shape index (κ2) is 5.69. The van der Waals surface area contributed by atoms with E-state index in [0.717, 1.165) is 54.6 Å². The van der Waals surface area contributed by atoms with Gasteiger partial charge in [0.05, 0.1) is 5.39 Å². The minimum absolute atomic E-state index is 0.318. The van der Waals surface area contributed by atoms with Crippen LogP contribution < -0.4 is 4.90 Å². The molecule has 1 saturated heterocycles. The first-order valence-electron chi connectivity index (χ1n) is 9.01. The number of aromatic nitrogens is 2. The van der Waals surface area contributed by atoms with Crippen molar-refractivity contribution in [1.29, 1.82) is 0 Å². The largest absolute Gasteiger partial charge is 0.352 e. The van der Waals surface area contributed by atoms with Gasteiger partial charge in [-0.3, -0.25) is 4.79 Å². The second-order valence-electron chi connectivity index (χ2n) is 7.43. The Kier molecular flexibility index (Phi) is 3.47. The van der Waals surface area contributed by atoms with Gasteiger partial charge in [-0.15, -0.1) is 11.3 Å². The quantitative estimate of drug-likeness (QED) is 0.842. The zero-order valence-electron chi connectivity index (χ0n) is 13.7. The SMILES string of the molecule is O=C(C1CC2CCC1C2)N1CCN(c2ncnc3sccc23)CC1. The van der Waals surface area contributed by atoms with Gasteiger partial charge in [0.1, 0.15) is 17.0 Å². The van der Waals surface area contributed by atoms with Gasteiger partial charge in [0.2, 0.25) is 5.91 Å². The molecule has 0 aromatic carbocycles. The fourth-order valence-corrected chi connectivity index (χ4v) is 5.68. The fraction of sp³-hybridized carbons (Fsp3) is 0.611. The third-order valence-electron chi connectivity index (χ3n) is 6.19. The molecule has 0 spiro atoms. The highest BCUT2D eigenvalue weighted by Gasteiger charge is 2.44. The predicted molar refractivity (Wildman–Crippen MR) is 95.1 cm³/mol. The molecule has 6 heteroatoms. The molecule has 3 heterocycles. The van der Waals surface area contributed by atoms with Crippen molar-refractivity contribution in [3.8, 4) is 0 Å². The van der Waals surface area contributed by atoms with Crippen LogP contribution in [0.3, 0.4) is 0 Å². The molecule has 1 amide bonds. The van der Waals surface area contributed by atoms with Crippen LogP contribution in [-0.2, 0) is 4.79 Å². The van der Waals surface area contributed by atoms with E-state index in [4.69, 9.17) is 0 Å². The Bertz CT molecular complexity index is 767. The maximum atomic E-state index is 12.9. The van der Waals surface area contributed by atoms with Crippen LogP contribution in [0.5, 0.6) is 0 Å². The van der Waals surface area contributed by atoms with Crippen LogP contribution in [-0.4, -0.2) is 47.0 Å². The van der Waals surface area contributed by atoms with Crippen molar-refractivity contribution in [2.24, 2.45) is 17.8 Å². The number of piperazine rings is 1. The summed E-state index contributed by atoms with van der Waals surface area (Å²) in [5.41, 5.74) is 0. The summed E-state index contributed by atoms with van der Waals surface area (Å²) in [7, 11) is 0. The van der Waals surface area contributed by atoms with Crippen LogP contribution >= 0.6 is 11.3 Å². The van der Waals surface area contributed by atoms with E-state index in [-0.39, 0.29) is 0 Å². The number of hydrogen-bond acceptors (Lipinski definition) is 5. The van der Waals surface area contributed by atoms with Crippen molar-refractivity contribution < 1.29 is 4.79 Å². The van der Waals surface area contributed by atoms with Crippen LogP contribution in [0.2, 0.25) is 0 Å². The molecule has 2 aromatic heterocycles. The summed E-state index contributed by atoms with van der Waals surface area (Å²) in [6, 6.07) is 2.10. The van der Waals surface area contributed by atoms with E-state index in [9.17, 15) is 4.79 Å². The molecular formula is C18H22N4OS. The Morgan fingerprint density at radius 2 is 2.00 bits per heavy atom. The molecule has 1 aliphatic heterocycles. The molecule has 0 N–H and O–H groups in total.